The Morgan fingerprint density at radius 2 is 1.64 bits per heavy atom. The molecule has 178 valence electrons. The van der Waals surface area contributed by atoms with Crippen LogP contribution in [0.15, 0.2) is 45.3 Å². The average Bonchev–Trinajstić information content (AvgIpc) is 3.13. The van der Waals surface area contributed by atoms with Crippen LogP contribution in [-0.2, 0) is 6.18 Å². The van der Waals surface area contributed by atoms with Crippen LogP contribution in [0.1, 0.15) is 18.4 Å². The Morgan fingerprint density at radius 3 is 2.27 bits per heavy atom. The van der Waals surface area contributed by atoms with Crippen LogP contribution >= 0.6 is 46.4 Å². The largest absolute Gasteiger partial charge is 0.490 e. The van der Waals surface area contributed by atoms with E-state index in [0.717, 1.165) is 12.1 Å². The van der Waals surface area contributed by atoms with Gasteiger partial charge in [0.2, 0.25) is 0 Å². The van der Waals surface area contributed by atoms with Crippen molar-refractivity contribution in [1.29, 1.82) is 0 Å². The number of hydrogen-bond donors (Lipinski definition) is 0. The second-order valence-electron chi connectivity index (χ2n) is 6.58. The maximum atomic E-state index is 12.8. The topological polar surface area (TPSA) is 53.7 Å². The van der Waals surface area contributed by atoms with Gasteiger partial charge in [0.25, 0.3) is 0 Å². The summed E-state index contributed by atoms with van der Waals surface area (Å²) in [5.41, 5.74) is -0.537. The van der Waals surface area contributed by atoms with E-state index in [-0.39, 0.29) is 44.9 Å². The maximum Gasteiger partial charge on any atom is 0.416 e. The summed E-state index contributed by atoms with van der Waals surface area (Å²) in [7, 11) is 0. The van der Waals surface area contributed by atoms with Crippen LogP contribution in [0.5, 0.6) is 17.6 Å². The van der Waals surface area contributed by atoms with E-state index in [0.29, 0.717) is 30.9 Å². The number of benzene rings is 2. The number of fused-ring (bicyclic) bond motifs is 1. The lowest BCUT2D eigenvalue weighted by atomic mass is 10.2. The van der Waals surface area contributed by atoms with Crippen molar-refractivity contribution in [3.63, 3.8) is 0 Å². The van der Waals surface area contributed by atoms with E-state index in [9.17, 15) is 13.2 Å². The first-order valence-electron chi connectivity index (χ1n) is 9.50. The zero-order valence-electron chi connectivity index (χ0n) is 16.7. The SMILES string of the molecule is FC(F)(F)c1ccc2nc(OCCCCOc3c(Cl)cc(OCC=C(Cl)Cl)cc3Cl)oc2c1. The minimum absolute atomic E-state index is 0.00152. The zero-order chi connectivity index (χ0) is 24.0. The highest BCUT2D eigenvalue weighted by Gasteiger charge is 2.31. The standard InChI is InChI=1S/C21H16Cl4F3NO4/c22-14-10-13(30-8-5-18(24)25)11-15(23)19(14)31-6-1-2-7-32-20-29-16-4-3-12(21(26,27)28)9-17(16)33-20/h3-5,9-11H,1-2,6-8H2. The molecule has 2 aromatic carbocycles. The predicted molar refractivity (Wildman–Crippen MR) is 121 cm³/mol. The van der Waals surface area contributed by atoms with Gasteiger partial charge in [-0.05, 0) is 37.1 Å². The fourth-order valence-electron chi connectivity index (χ4n) is 2.64. The lowest BCUT2D eigenvalue weighted by Crippen LogP contribution is -2.03. The molecule has 0 aliphatic heterocycles. The number of oxazole rings is 1. The first-order valence-corrected chi connectivity index (χ1v) is 11.0. The number of aromatic nitrogens is 1. The molecular weight excluding hydrogens is 529 g/mol. The van der Waals surface area contributed by atoms with E-state index < -0.39 is 11.7 Å². The molecule has 5 nitrogen and oxygen atoms in total. The summed E-state index contributed by atoms with van der Waals surface area (Å²) >= 11 is 23.4. The molecule has 0 bridgehead atoms. The number of nitrogens with zero attached hydrogens (tertiary/aromatic N) is 1. The number of hydrogen-bond acceptors (Lipinski definition) is 5. The second-order valence-corrected chi connectivity index (χ2v) is 8.41. The van der Waals surface area contributed by atoms with Gasteiger partial charge in [0.1, 0.15) is 22.4 Å². The highest BCUT2D eigenvalue weighted by molar-refractivity contribution is 6.55. The molecule has 0 aliphatic carbocycles. The minimum Gasteiger partial charge on any atom is -0.490 e. The van der Waals surface area contributed by atoms with Crippen molar-refractivity contribution in [2.45, 2.75) is 19.0 Å². The van der Waals surface area contributed by atoms with E-state index in [1.807, 2.05) is 0 Å². The summed E-state index contributed by atoms with van der Waals surface area (Å²) in [4.78, 5) is 4.01. The van der Waals surface area contributed by atoms with E-state index in [1.54, 1.807) is 12.1 Å². The van der Waals surface area contributed by atoms with Crippen molar-refractivity contribution in [2.24, 2.45) is 0 Å². The summed E-state index contributed by atoms with van der Waals surface area (Å²) in [5, 5.41) is 0.554. The van der Waals surface area contributed by atoms with Gasteiger partial charge < -0.3 is 18.6 Å². The van der Waals surface area contributed by atoms with Crippen molar-refractivity contribution >= 4 is 57.5 Å². The van der Waals surface area contributed by atoms with E-state index in [2.05, 4.69) is 4.98 Å². The number of halogens is 7. The third-order valence-corrected chi connectivity index (χ3v) is 5.04. The summed E-state index contributed by atoms with van der Waals surface area (Å²) in [6.45, 7) is 0.683. The van der Waals surface area contributed by atoms with Gasteiger partial charge in [-0.15, -0.1) is 0 Å². The number of alkyl halides is 3. The summed E-state index contributed by atoms with van der Waals surface area (Å²) in [6, 6.07) is 6.17. The Bertz CT molecular complexity index is 1110. The van der Waals surface area contributed by atoms with Crippen LogP contribution in [-0.4, -0.2) is 24.8 Å². The van der Waals surface area contributed by atoms with Crippen LogP contribution in [0.2, 0.25) is 10.0 Å². The molecule has 0 amide bonds. The number of unbranched alkanes of at least 4 members (excludes halogenated alkanes) is 1. The molecule has 0 saturated carbocycles. The molecule has 12 heteroatoms. The van der Waals surface area contributed by atoms with Crippen molar-refractivity contribution in [3.05, 3.63) is 56.5 Å². The highest BCUT2D eigenvalue weighted by Crippen LogP contribution is 2.37. The van der Waals surface area contributed by atoms with Gasteiger partial charge in [-0.25, -0.2) is 0 Å². The van der Waals surface area contributed by atoms with Crippen LogP contribution in [0.4, 0.5) is 13.2 Å². The molecule has 1 heterocycles. The van der Waals surface area contributed by atoms with Crippen LogP contribution < -0.4 is 14.2 Å². The molecule has 0 spiro atoms. The lowest BCUT2D eigenvalue weighted by Gasteiger charge is -2.12. The Hall–Kier alpha value is -2.00. The number of ether oxygens (including phenoxy) is 3. The smallest absolute Gasteiger partial charge is 0.416 e. The predicted octanol–water partition coefficient (Wildman–Crippen LogP) is 8.09. The van der Waals surface area contributed by atoms with E-state index >= 15 is 0 Å². The first-order chi connectivity index (χ1) is 15.6. The third kappa shape index (κ3) is 7.50. The molecule has 3 rings (SSSR count). The van der Waals surface area contributed by atoms with Crippen molar-refractivity contribution in [1.82, 2.24) is 4.98 Å². The summed E-state index contributed by atoms with van der Waals surface area (Å²) in [5.74, 6) is 0.745. The normalized spacial score (nSPS) is 11.5. The lowest BCUT2D eigenvalue weighted by molar-refractivity contribution is -0.137. The van der Waals surface area contributed by atoms with Gasteiger partial charge in [-0.1, -0.05) is 46.4 Å². The van der Waals surface area contributed by atoms with Gasteiger partial charge in [0.15, 0.2) is 11.3 Å². The molecule has 0 atom stereocenters. The van der Waals surface area contributed by atoms with Crippen LogP contribution in [0.25, 0.3) is 11.1 Å². The fourth-order valence-corrected chi connectivity index (χ4v) is 3.34. The molecule has 1 aromatic heterocycles. The summed E-state index contributed by atoms with van der Waals surface area (Å²) < 4.78 is 60.1. The molecule has 0 fully saturated rings. The average molecular weight is 545 g/mol. The fraction of sp³-hybridized carbons (Fsp3) is 0.286. The molecule has 0 aliphatic rings. The van der Waals surface area contributed by atoms with Crippen molar-refractivity contribution in [3.8, 4) is 17.6 Å². The van der Waals surface area contributed by atoms with Crippen molar-refractivity contribution in [2.75, 3.05) is 19.8 Å². The molecule has 33 heavy (non-hydrogen) atoms. The Kier molecular flexibility index (Phi) is 8.87. The van der Waals surface area contributed by atoms with Gasteiger partial charge >= 0.3 is 12.3 Å². The molecule has 3 aromatic rings. The first kappa shape index (κ1) is 25.6. The molecule has 0 N–H and O–H groups in total. The van der Waals surface area contributed by atoms with Crippen LogP contribution in [0, 0.1) is 0 Å². The van der Waals surface area contributed by atoms with Crippen LogP contribution in [0.3, 0.4) is 0 Å². The molecule has 0 saturated heterocycles. The minimum atomic E-state index is -4.46. The van der Waals surface area contributed by atoms with Gasteiger partial charge in [-0.2, -0.15) is 18.2 Å². The zero-order valence-corrected chi connectivity index (χ0v) is 19.7. The highest BCUT2D eigenvalue weighted by atomic mass is 35.5. The monoisotopic (exact) mass is 543 g/mol. The Balaban J connectivity index is 1.44. The maximum absolute atomic E-state index is 12.8. The molecule has 0 unspecified atom stereocenters. The number of rotatable bonds is 10. The quantitative estimate of drug-likeness (QED) is 0.241. The Labute approximate surface area is 206 Å². The van der Waals surface area contributed by atoms with Gasteiger partial charge in [-0.3, -0.25) is 0 Å². The Morgan fingerprint density at radius 1 is 0.970 bits per heavy atom. The molecule has 0 radical (unpaired) electrons. The van der Waals surface area contributed by atoms with E-state index in [1.165, 1.54) is 12.1 Å². The van der Waals surface area contributed by atoms with Crippen molar-refractivity contribution < 1.29 is 31.8 Å². The summed E-state index contributed by atoms with van der Waals surface area (Å²) in [6.07, 6.45) is -1.94. The van der Waals surface area contributed by atoms with Gasteiger partial charge in [0, 0.05) is 12.1 Å². The van der Waals surface area contributed by atoms with Gasteiger partial charge in [0.05, 0.1) is 28.8 Å². The van der Waals surface area contributed by atoms with E-state index in [4.69, 9.17) is 65.0 Å². The third-order valence-electron chi connectivity index (χ3n) is 4.17. The molecular formula is C21H16Cl4F3NO4. The second kappa shape index (κ2) is 11.4.